The lowest BCUT2D eigenvalue weighted by Crippen LogP contribution is -2.34. The third kappa shape index (κ3) is 3.94. The normalized spacial score (nSPS) is 16.7. The van der Waals surface area contributed by atoms with Crippen molar-refractivity contribution in [2.24, 2.45) is 5.92 Å². The molecule has 106 valence electrons. The summed E-state index contributed by atoms with van der Waals surface area (Å²) >= 11 is 6.08. The molecule has 1 unspecified atom stereocenters. The number of anilines is 1. The van der Waals surface area contributed by atoms with Crippen molar-refractivity contribution >= 4 is 17.3 Å². The summed E-state index contributed by atoms with van der Waals surface area (Å²) in [7, 11) is 4.00. The van der Waals surface area contributed by atoms with Crippen molar-refractivity contribution in [1.82, 2.24) is 14.7 Å². The largest absolute Gasteiger partial charge is 0.376 e. The van der Waals surface area contributed by atoms with Gasteiger partial charge in [-0.2, -0.15) is 5.10 Å². The van der Waals surface area contributed by atoms with Crippen molar-refractivity contribution in [2.45, 2.75) is 32.4 Å². The molecular formula is C13H21ClN4O. The molecule has 1 atom stereocenters. The molecule has 1 N–H and O–H groups in total. The number of nitrogens with zero attached hydrogens (tertiary/aromatic N) is 3. The van der Waals surface area contributed by atoms with Gasteiger partial charge in [-0.25, -0.2) is 4.68 Å². The summed E-state index contributed by atoms with van der Waals surface area (Å²) in [5, 5.41) is 7.70. The van der Waals surface area contributed by atoms with Crippen LogP contribution in [0.5, 0.6) is 0 Å². The van der Waals surface area contributed by atoms with Crippen LogP contribution in [0.2, 0.25) is 5.02 Å². The van der Waals surface area contributed by atoms with Crippen molar-refractivity contribution in [1.29, 1.82) is 0 Å². The maximum absolute atomic E-state index is 12.3. The molecule has 1 aromatic heterocycles. The number of aromatic nitrogens is 2. The first-order valence-electron chi connectivity index (χ1n) is 6.64. The Morgan fingerprint density at radius 2 is 2.26 bits per heavy atom. The number of hydrogen-bond donors (Lipinski definition) is 1. The van der Waals surface area contributed by atoms with Crippen molar-refractivity contribution in [3.05, 3.63) is 21.6 Å². The third-order valence-electron chi connectivity index (χ3n) is 3.16. The van der Waals surface area contributed by atoms with Crippen LogP contribution in [0, 0.1) is 5.92 Å². The van der Waals surface area contributed by atoms with Crippen LogP contribution in [-0.4, -0.2) is 41.4 Å². The molecule has 1 fully saturated rings. The molecule has 0 aromatic carbocycles. The Morgan fingerprint density at radius 1 is 1.58 bits per heavy atom. The van der Waals surface area contributed by atoms with Gasteiger partial charge < -0.3 is 10.2 Å². The van der Waals surface area contributed by atoms with E-state index in [-0.39, 0.29) is 11.6 Å². The topological polar surface area (TPSA) is 50.2 Å². The SMILES string of the molecule is CC(CN(C)C)Nc1c(Cl)cnn(CC2CC2)c1=O. The van der Waals surface area contributed by atoms with Crippen LogP contribution in [0.3, 0.4) is 0 Å². The molecule has 5 nitrogen and oxygen atoms in total. The fourth-order valence-corrected chi connectivity index (χ4v) is 2.29. The third-order valence-corrected chi connectivity index (χ3v) is 3.44. The number of nitrogens with one attached hydrogen (secondary N) is 1. The average molecular weight is 285 g/mol. The van der Waals surface area contributed by atoms with Gasteiger partial charge in [0.2, 0.25) is 0 Å². The summed E-state index contributed by atoms with van der Waals surface area (Å²) in [5.74, 6) is 0.610. The minimum Gasteiger partial charge on any atom is -0.376 e. The molecule has 6 heteroatoms. The van der Waals surface area contributed by atoms with Gasteiger partial charge in [0.05, 0.1) is 11.2 Å². The number of hydrogen-bond acceptors (Lipinski definition) is 4. The van der Waals surface area contributed by atoms with E-state index >= 15 is 0 Å². The zero-order valence-corrected chi connectivity index (χ0v) is 12.4. The van der Waals surface area contributed by atoms with E-state index in [1.54, 1.807) is 6.20 Å². The average Bonchev–Trinajstić information content (AvgIpc) is 3.11. The van der Waals surface area contributed by atoms with Crippen molar-refractivity contribution < 1.29 is 0 Å². The molecule has 19 heavy (non-hydrogen) atoms. The predicted octanol–water partition coefficient (Wildman–Crippen LogP) is 1.67. The van der Waals surface area contributed by atoms with Gasteiger partial charge in [0.1, 0.15) is 5.69 Å². The lowest BCUT2D eigenvalue weighted by Gasteiger charge is -2.20. The lowest BCUT2D eigenvalue weighted by molar-refractivity contribution is 0.392. The van der Waals surface area contributed by atoms with Gasteiger partial charge in [0.25, 0.3) is 5.56 Å². The van der Waals surface area contributed by atoms with Gasteiger partial charge in [0.15, 0.2) is 0 Å². The fourth-order valence-electron chi connectivity index (χ4n) is 2.11. The summed E-state index contributed by atoms with van der Waals surface area (Å²) in [4.78, 5) is 14.4. The van der Waals surface area contributed by atoms with Crippen molar-refractivity contribution in [3.8, 4) is 0 Å². The Kier molecular flexibility index (Phi) is 4.47. The van der Waals surface area contributed by atoms with Crippen LogP contribution >= 0.6 is 11.6 Å². The highest BCUT2D eigenvalue weighted by molar-refractivity contribution is 6.33. The second kappa shape index (κ2) is 5.92. The van der Waals surface area contributed by atoms with Gasteiger partial charge in [-0.15, -0.1) is 0 Å². The molecular weight excluding hydrogens is 264 g/mol. The van der Waals surface area contributed by atoms with Crippen LogP contribution in [0.1, 0.15) is 19.8 Å². The minimum atomic E-state index is -0.120. The number of likely N-dealkylation sites (N-methyl/N-ethyl adjacent to an activating group) is 1. The maximum atomic E-state index is 12.3. The minimum absolute atomic E-state index is 0.120. The van der Waals surface area contributed by atoms with Gasteiger partial charge in [-0.1, -0.05) is 11.6 Å². The highest BCUT2D eigenvalue weighted by Gasteiger charge is 2.23. The molecule has 1 aromatic rings. The Hall–Kier alpha value is -1.07. The van der Waals surface area contributed by atoms with E-state index in [1.807, 2.05) is 21.0 Å². The lowest BCUT2D eigenvalue weighted by atomic mass is 10.3. The quantitative estimate of drug-likeness (QED) is 0.863. The summed E-state index contributed by atoms with van der Waals surface area (Å²) < 4.78 is 1.52. The van der Waals surface area contributed by atoms with Gasteiger partial charge in [-0.3, -0.25) is 4.79 Å². The zero-order valence-electron chi connectivity index (χ0n) is 11.7. The smallest absolute Gasteiger partial charge is 0.291 e. The molecule has 0 bridgehead atoms. The molecule has 1 saturated carbocycles. The van der Waals surface area contributed by atoms with E-state index in [4.69, 9.17) is 11.6 Å². The van der Waals surface area contributed by atoms with Gasteiger partial charge in [0, 0.05) is 19.1 Å². The molecule has 1 aliphatic rings. The molecule has 0 saturated heterocycles. The first-order valence-corrected chi connectivity index (χ1v) is 7.02. The Balaban J connectivity index is 2.15. The molecule has 0 aliphatic heterocycles. The van der Waals surface area contributed by atoms with Crippen molar-refractivity contribution in [3.63, 3.8) is 0 Å². The summed E-state index contributed by atoms with van der Waals surface area (Å²) in [5.41, 5.74) is 0.344. The first-order chi connectivity index (χ1) is 8.97. The standard InChI is InChI=1S/C13H21ClN4O/c1-9(7-17(2)3)16-12-11(14)6-15-18(13(12)19)8-10-4-5-10/h6,9-10,16H,4-5,7-8H2,1-3H3. The molecule has 2 rings (SSSR count). The van der Waals surface area contributed by atoms with Crippen LogP contribution in [-0.2, 0) is 6.54 Å². The zero-order chi connectivity index (χ0) is 14.0. The molecule has 0 spiro atoms. The number of rotatable bonds is 6. The maximum Gasteiger partial charge on any atom is 0.291 e. The van der Waals surface area contributed by atoms with Crippen LogP contribution in [0.15, 0.2) is 11.0 Å². The number of halogens is 1. The predicted molar refractivity (Wildman–Crippen MR) is 77.9 cm³/mol. The van der Waals surface area contributed by atoms with Crippen LogP contribution in [0.4, 0.5) is 5.69 Å². The highest BCUT2D eigenvalue weighted by atomic mass is 35.5. The molecule has 0 amide bonds. The van der Waals surface area contributed by atoms with E-state index in [9.17, 15) is 4.79 Å². The van der Waals surface area contributed by atoms with Crippen LogP contribution in [0.25, 0.3) is 0 Å². The van der Waals surface area contributed by atoms with E-state index in [2.05, 4.69) is 15.3 Å². The Bertz CT molecular complexity index is 496. The second-order valence-electron chi connectivity index (χ2n) is 5.61. The second-order valence-corrected chi connectivity index (χ2v) is 6.01. The Labute approximate surface area is 118 Å². The summed E-state index contributed by atoms with van der Waals surface area (Å²) in [6, 6.07) is 0.150. The van der Waals surface area contributed by atoms with E-state index in [1.165, 1.54) is 17.5 Å². The Morgan fingerprint density at radius 3 is 2.84 bits per heavy atom. The van der Waals surface area contributed by atoms with E-state index in [0.29, 0.717) is 23.2 Å². The first kappa shape index (κ1) is 14.3. The molecule has 0 radical (unpaired) electrons. The fraction of sp³-hybridized carbons (Fsp3) is 0.692. The van der Waals surface area contributed by atoms with E-state index in [0.717, 1.165) is 6.54 Å². The van der Waals surface area contributed by atoms with Crippen molar-refractivity contribution in [2.75, 3.05) is 26.0 Å². The monoisotopic (exact) mass is 284 g/mol. The summed E-state index contributed by atoms with van der Waals surface area (Å²) in [6.07, 6.45) is 3.93. The molecule has 1 aliphatic carbocycles. The van der Waals surface area contributed by atoms with Gasteiger partial charge >= 0.3 is 0 Å². The van der Waals surface area contributed by atoms with Gasteiger partial charge in [-0.05, 0) is 39.8 Å². The molecule has 1 heterocycles. The highest BCUT2D eigenvalue weighted by Crippen LogP contribution is 2.30. The van der Waals surface area contributed by atoms with E-state index < -0.39 is 0 Å². The summed E-state index contributed by atoms with van der Waals surface area (Å²) in [6.45, 7) is 3.56. The van der Waals surface area contributed by atoms with Crippen LogP contribution < -0.4 is 10.9 Å².